The van der Waals surface area contributed by atoms with Gasteiger partial charge in [0.15, 0.2) is 0 Å². The van der Waals surface area contributed by atoms with Crippen LogP contribution in [-0.2, 0) is 9.15 Å². The summed E-state index contributed by atoms with van der Waals surface area (Å²) < 4.78 is 35.2. The van der Waals surface area contributed by atoms with E-state index in [1.54, 1.807) is 0 Å². The molecule has 2 aromatic rings. The zero-order valence-electron chi connectivity index (χ0n) is 12.9. The number of nitrogens with one attached hydrogen (secondary N) is 1. The largest absolute Gasteiger partial charge is 0.478 e. The quantitative estimate of drug-likeness (QED) is 0.405. The Morgan fingerprint density at radius 3 is 2.87 bits per heavy atom. The third-order valence-corrected chi connectivity index (χ3v) is 5.22. The van der Waals surface area contributed by atoms with Gasteiger partial charge in [0.1, 0.15) is 0 Å². The van der Waals surface area contributed by atoms with Crippen molar-refractivity contribution in [2.75, 3.05) is 25.4 Å². The van der Waals surface area contributed by atoms with Gasteiger partial charge in [-0.2, -0.15) is 8.42 Å². The van der Waals surface area contributed by atoms with Crippen LogP contribution in [0.25, 0.3) is 10.9 Å². The van der Waals surface area contributed by atoms with Gasteiger partial charge in [-0.15, -0.1) is 0 Å². The van der Waals surface area contributed by atoms with E-state index in [9.17, 15) is 8.42 Å². The molecule has 0 amide bonds. The molecule has 23 heavy (non-hydrogen) atoms. The van der Waals surface area contributed by atoms with Crippen LogP contribution in [0.1, 0.15) is 12.0 Å². The second-order valence-electron chi connectivity index (χ2n) is 5.00. The van der Waals surface area contributed by atoms with Gasteiger partial charge >= 0.3 is 9.15 Å². The van der Waals surface area contributed by atoms with Crippen LogP contribution < -0.4 is 10.1 Å². The molecule has 0 aliphatic rings. The van der Waals surface area contributed by atoms with Gasteiger partial charge in [-0.3, -0.25) is 4.55 Å². The molecule has 1 aromatic carbocycles. The molecule has 0 saturated carbocycles. The number of aromatic nitrogens is 1. The van der Waals surface area contributed by atoms with Crippen LogP contribution >= 0.6 is 10.8 Å². The van der Waals surface area contributed by atoms with Crippen LogP contribution in [0.3, 0.4) is 0 Å². The normalized spacial score (nSPS) is 11.7. The Kier molecular flexibility index (Phi) is 6.64. The number of fused-ring (bicyclic) bond motifs is 1. The minimum Gasteiger partial charge on any atom is -0.478 e. The van der Waals surface area contributed by atoms with Crippen LogP contribution in [0.5, 0.6) is 5.88 Å². The molecule has 0 spiro atoms. The van der Waals surface area contributed by atoms with E-state index in [-0.39, 0.29) is 0 Å². The van der Waals surface area contributed by atoms with Crippen molar-refractivity contribution >= 4 is 30.8 Å². The summed E-state index contributed by atoms with van der Waals surface area (Å²) in [6, 6.07) is 9.87. The molecule has 2 N–H and O–H groups in total. The van der Waals surface area contributed by atoms with Crippen LogP contribution in [0.4, 0.5) is 0 Å². The van der Waals surface area contributed by atoms with E-state index < -0.39 is 9.15 Å². The molecule has 1 aromatic heterocycles. The summed E-state index contributed by atoms with van der Waals surface area (Å²) in [6.45, 7) is 3.78. The summed E-state index contributed by atoms with van der Waals surface area (Å²) >= 11 is 0. The molecule has 0 saturated heterocycles. The summed E-state index contributed by atoms with van der Waals surface area (Å²) in [5.41, 5.74) is 2.05. The lowest BCUT2D eigenvalue weighted by molar-refractivity contribution is 0.298. The van der Waals surface area contributed by atoms with Gasteiger partial charge in [0, 0.05) is 23.8 Å². The van der Waals surface area contributed by atoms with Crippen molar-refractivity contribution in [2.24, 2.45) is 0 Å². The van der Waals surface area contributed by atoms with E-state index in [0.29, 0.717) is 42.1 Å². The van der Waals surface area contributed by atoms with E-state index in [2.05, 4.69) is 10.3 Å². The fourth-order valence-corrected chi connectivity index (χ4v) is 3.43. The SMILES string of the molecule is Cc1cc(OCCCNCCSS(=O)(=O)O)nc2ccccc12. The van der Waals surface area contributed by atoms with E-state index in [0.717, 1.165) is 22.9 Å². The molecule has 1 heterocycles. The first-order valence-corrected chi connectivity index (χ1v) is 10.2. The van der Waals surface area contributed by atoms with Gasteiger partial charge in [-0.1, -0.05) is 18.2 Å². The standard InChI is InChI=1S/C15H20N2O4S2/c1-12-11-15(17-14-6-3-2-5-13(12)14)21-9-4-7-16-8-10-22-23(18,19)20/h2-3,5-6,11,16H,4,7-10H2,1H3,(H,18,19,20). The molecule has 0 aliphatic heterocycles. The first-order chi connectivity index (χ1) is 11.0. The first kappa shape index (κ1) is 18.0. The molecular formula is C15H20N2O4S2. The smallest absolute Gasteiger partial charge is 0.319 e. The topological polar surface area (TPSA) is 88.5 Å². The Balaban J connectivity index is 1.69. The van der Waals surface area contributed by atoms with Gasteiger partial charge in [0.2, 0.25) is 5.88 Å². The lowest BCUT2D eigenvalue weighted by atomic mass is 10.1. The predicted octanol–water partition coefficient (Wildman–Crippen LogP) is 2.44. The number of aryl methyl sites for hydroxylation is 1. The number of hydrogen-bond acceptors (Lipinski definition) is 6. The minimum atomic E-state index is -3.94. The molecule has 6 nitrogen and oxygen atoms in total. The molecule has 0 aliphatic carbocycles. The van der Waals surface area contributed by atoms with Crippen molar-refractivity contribution in [1.29, 1.82) is 0 Å². The lowest BCUT2D eigenvalue weighted by Crippen LogP contribution is -2.20. The van der Waals surface area contributed by atoms with Gasteiger partial charge in [-0.05, 0) is 42.3 Å². The molecule has 126 valence electrons. The molecule has 2 rings (SSSR count). The highest BCUT2D eigenvalue weighted by atomic mass is 33.1. The number of rotatable bonds is 9. The molecule has 0 fully saturated rings. The van der Waals surface area contributed by atoms with Gasteiger partial charge in [0.25, 0.3) is 0 Å². The number of ether oxygens (including phenoxy) is 1. The average molecular weight is 356 g/mol. The van der Waals surface area contributed by atoms with Crippen molar-refractivity contribution in [1.82, 2.24) is 10.3 Å². The number of hydrogen-bond donors (Lipinski definition) is 2. The van der Waals surface area contributed by atoms with Crippen molar-refractivity contribution in [3.63, 3.8) is 0 Å². The molecule has 0 radical (unpaired) electrons. The lowest BCUT2D eigenvalue weighted by Gasteiger charge is -2.09. The third kappa shape index (κ3) is 6.34. The summed E-state index contributed by atoms with van der Waals surface area (Å²) in [5.74, 6) is 0.925. The number of para-hydroxylation sites is 1. The fraction of sp³-hybridized carbons (Fsp3) is 0.400. The van der Waals surface area contributed by atoms with Crippen LogP contribution in [0.15, 0.2) is 30.3 Å². The summed E-state index contributed by atoms with van der Waals surface area (Å²) in [6.07, 6.45) is 0.782. The summed E-state index contributed by atoms with van der Waals surface area (Å²) in [5, 5.41) is 4.21. The highest BCUT2D eigenvalue weighted by molar-refractivity contribution is 8.69. The number of nitrogens with zero attached hydrogens (tertiary/aromatic N) is 1. The Hall–Kier alpha value is -1.35. The Bertz CT molecular complexity index is 750. The molecule has 8 heteroatoms. The van der Waals surface area contributed by atoms with Crippen molar-refractivity contribution < 1.29 is 17.7 Å². The van der Waals surface area contributed by atoms with E-state index in [1.165, 1.54) is 0 Å². The summed E-state index contributed by atoms with van der Waals surface area (Å²) in [4.78, 5) is 4.47. The maximum absolute atomic E-state index is 10.5. The monoisotopic (exact) mass is 356 g/mol. The van der Waals surface area contributed by atoms with Gasteiger partial charge in [-0.25, -0.2) is 4.98 Å². The summed E-state index contributed by atoms with van der Waals surface area (Å²) in [7, 11) is -3.41. The zero-order chi connectivity index (χ0) is 16.7. The van der Waals surface area contributed by atoms with Gasteiger partial charge in [0.05, 0.1) is 12.1 Å². The van der Waals surface area contributed by atoms with Crippen LogP contribution in [-0.4, -0.2) is 43.4 Å². The van der Waals surface area contributed by atoms with Gasteiger partial charge < -0.3 is 10.1 Å². The molecule has 0 bridgehead atoms. The molecular weight excluding hydrogens is 336 g/mol. The molecule has 0 unspecified atom stereocenters. The zero-order valence-corrected chi connectivity index (χ0v) is 14.5. The predicted molar refractivity (Wildman–Crippen MR) is 93.5 cm³/mol. The maximum Gasteiger partial charge on any atom is 0.319 e. The maximum atomic E-state index is 10.5. The first-order valence-electron chi connectivity index (χ1n) is 7.27. The second-order valence-corrected chi connectivity index (χ2v) is 8.47. The van der Waals surface area contributed by atoms with E-state index in [4.69, 9.17) is 9.29 Å². The average Bonchev–Trinajstić information content (AvgIpc) is 2.49. The van der Waals surface area contributed by atoms with Crippen molar-refractivity contribution in [3.8, 4) is 5.88 Å². The third-order valence-electron chi connectivity index (χ3n) is 3.16. The van der Waals surface area contributed by atoms with E-state index in [1.807, 2.05) is 37.3 Å². The minimum absolute atomic E-state index is 0.311. The number of benzene rings is 1. The van der Waals surface area contributed by atoms with Crippen molar-refractivity contribution in [2.45, 2.75) is 13.3 Å². The Morgan fingerprint density at radius 1 is 1.30 bits per heavy atom. The molecule has 0 atom stereocenters. The highest BCUT2D eigenvalue weighted by Crippen LogP contribution is 2.21. The number of pyridine rings is 1. The second kappa shape index (κ2) is 8.49. The van der Waals surface area contributed by atoms with Crippen molar-refractivity contribution in [3.05, 3.63) is 35.9 Å². The highest BCUT2D eigenvalue weighted by Gasteiger charge is 2.04. The van der Waals surface area contributed by atoms with E-state index >= 15 is 0 Å². The fourth-order valence-electron chi connectivity index (χ4n) is 2.11. The Labute approximate surface area is 139 Å². The Morgan fingerprint density at radius 2 is 2.09 bits per heavy atom. The van der Waals surface area contributed by atoms with Crippen LogP contribution in [0, 0.1) is 6.92 Å². The van der Waals surface area contributed by atoms with Crippen LogP contribution in [0.2, 0.25) is 0 Å².